The number of likely N-dealkylation sites (tertiary alicyclic amines) is 1. The van der Waals surface area contributed by atoms with Crippen LogP contribution in [0.2, 0.25) is 0 Å². The van der Waals surface area contributed by atoms with Crippen LogP contribution in [-0.2, 0) is 16.0 Å². The fraction of sp³-hybridized carbons (Fsp3) is 0.440. The largest absolute Gasteiger partial charge is 0.493 e. The molecule has 0 radical (unpaired) electrons. The van der Waals surface area contributed by atoms with Gasteiger partial charge in [-0.1, -0.05) is 12.1 Å². The number of nitrogens with zero attached hydrogens (tertiary/aromatic N) is 4. The third-order valence-corrected chi connectivity index (χ3v) is 6.93. The molecule has 9 nitrogen and oxygen atoms in total. The lowest BCUT2D eigenvalue weighted by molar-refractivity contribution is -0.129. The predicted octanol–water partition coefficient (Wildman–Crippen LogP) is 2.75. The lowest BCUT2D eigenvalue weighted by atomic mass is 10.1. The summed E-state index contributed by atoms with van der Waals surface area (Å²) < 4.78 is 12.6. The number of amides is 2. The van der Waals surface area contributed by atoms with Crippen LogP contribution in [0.3, 0.4) is 0 Å². The fourth-order valence-corrected chi connectivity index (χ4v) is 4.82. The van der Waals surface area contributed by atoms with Crippen molar-refractivity contribution in [1.29, 1.82) is 0 Å². The number of hydrogen-bond acceptors (Lipinski definition) is 7. The second kappa shape index (κ2) is 11.4. The van der Waals surface area contributed by atoms with Crippen LogP contribution >= 0.6 is 11.8 Å². The van der Waals surface area contributed by atoms with Gasteiger partial charge in [-0.3, -0.25) is 14.0 Å². The van der Waals surface area contributed by atoms with E-state index in [4.69, 9.17) is 9.47 Å². The van der Waals surface area contributed by atoms with Gasteiger partial charge in [0.2, 0.25) is 11.8 Å². The molecule has 2 amide bonds. The smallest absolute Gasteiger partial charge is 0.226 e. The molecule has 3 heterocycles. The second-order valence-corrected chi connectivity index (χ2v) is 9.50. The van der Waals surface area contributed by atoms with Gasteiger partial charge in [-0.15, -0.1) is 10.2 Å². The highest BCUT2D eigenvalue weighted by atomic mass is 32.2. The van der Waals surface area contributed by atoms with Crippen molar-refractivity contribution in [2.45, 2.75) is 25.3 Å². The number of carbonyl (C=O) groups excluding carboxylic acids is 2. The van der Waals surface area contributed by atoms with E-state index >= 15 is 0 Å². The molecule has 1 aliphatic heterocycles. The van der Waals surface area contributed by atoms with Crippen LogP contribution < -0.4 is 14.8 Å². The maximum atomic E-state index is 13.2. The van der Waals surface area contributed by atoms with Crippen molar-refractivity contribution in [1.82, 2.24) is 24.8 Å². The molecular formula is C25H31N5O4S. The first-order valence-corrected chi connectivity index (χ1v) is 13.0. The molecule has 0 saturated carbocycles. The van der Waals surface area contributed by atoms with Crippen LogP contribution in [0.5, 0.6) is 11.5 Å². The number of hydrogen-bond donors (Lipinski definition) is 1. The van der Waals surface area contributed by atoms with E-state index in [2.05, 4.69) is 15.5 Å². The number of nitrogens with one attached hydrogen (secondary N) is 1. The van der Waals surface area contributed by atoms with Crippen molar-refractivity contribution < 1.29 is 19.1 Å². The zero-order chi connectivity index (χ0) is 24.8. The topological polar surface area (TPSA) is 98.1 Å². The Hall–Kier alpha value is -3.27. The second-order valence-electron chi connectivity index (χ2n) is 8.51. The first-order chi connectivity index (χ1) is 17.0. The van der Waals surface area contributed by atoms with Gasteiger partial charge < -0.3 is 19.7 Å². The number of thioether (sulfide) groups is 1. The molecule has 35 heavy (non-hydrogen) atoms. The lowest BCUT2D eigenvalue weighted by Crippen LogP contribution is -2.36. The Balaban J connectivity index is 1.39. The summed E-state index contributed by atoms with van der Waals surface area (Å²) in [7, 11) is 3.20. The maximum absolute atomic E-state index is 13.2. The number of fused-ring (bicyclic) bond motifs is 1. The quantitative estimate of drug-likeness (QED) is 0.435. The van der Waals surface area contributed by atoms with Crippen LogP contribution in [0, 0.1) is 5.92 Å². The minimum Gasteiger partial charge on any atom is -0.493 e. The Morgan fingerprint density at radius 3 is 2.80 bits per heavy atom. The van der Waals surface area contributed by atoms with Crippen LogP contribution in [-0.4, -0.2) is 70.6 Å². The summed E-state index contributed by atoms with van der Waals surface area (Å²) in [6.45, 7) is 0.955. The van der Waals surface area contributed by atoms with Gasteiger partial charge in [-0.25, -0.2) is 0 Å². The summed E-state index contributed by atoms with van der Waals surface area (Å²) in [6.07, 6.45) is 5.55. The summed E-state index contributed by atoms with van der Waals surface area (Å²) >= 11 is 1.71. The maximum Gasteiger partial charge on any atom is 0.226 e. The van der Waals surface area contributed by atoms with Gasteiger partial charge >= 0.3 is 0 Å². The minimum absolute atomic E-state index is 0.000724. The van der Waals surface area contributed by atoms with Crippen molar-refractivity contribution in [3.63, 3.8) is 0 Å². The van der Waals surface area contributed by atoms with Crippen LogP contribution in [0.15, 0.2) is 42.6 Å². The highest BCUT2D eigenvalue weighted by molar-refractivity contribution is 7.98. The fourth-order valence-electron chi connectivity index (χ4n) is 4.35. The van der Waals surface area contributed by atoms with Gasteiger partial charge in [0, 0.05) is 25.7 Å². The van der Waals surface area contributed by atoms with Crippen molar-refractivity contribution in [3.05, 3.63) is 54.0 Å². The molecule has 2 atom stereocenters. The Labute approximate surface area is 209 Å². The molecule has 1 aromatic carbocycles. The van der Waals surface area contributed by atoms with Crippen molar-refractivity contribution in [2.24, 2.45) is 5.92 Å². The van der Waals surface area contributed by atoms with Crippen LogP contribution in [0.4, 0.5) is 0 Å². The number of rotatable bonds is 11. The zero-order valence-corrected chi connectivity index (χ0v) is 21.1. The SMILES string of the molecule is COc1ccc(CCN2CC(C(=O)NC(CCSC)c3nnc4ccccn34)CC2=O)cc1OC. The van der Waals surface area contributed by atoms with E-state index in [1.54, 1.807) is 30.9 Å². The number of ether oxygens (including phenoxy) is 2. The van der Waals surface area contributed by atoms with E-state index in [1.807, 2.05) is 53.3 Å². The third-order valence-electron chi connectivity index (χ3n) is 6.28. The molecule has 10 heteroatoms. The normalized spacial score (nSPS) is 16.5. The van der Waals surface area contributed by atoms with Crippen molar-refractivity contribution >= 4 is 29.2 Å². The monoisotopic (exact) mass is 497 g/mol. The van der Waals surface area contributed by atoms with Gasteiger partial charge in [0.15, 0.2) is 23.0 Å². The van der Waals surface area contributed by atoms with Gasteiger partial charge in [0.1, 0.15) is 0 Å². The number of pyridine rings is 1. The van der Waals surface area contributed by atoms with E-state index < -0.39 is 0 Å². The highest BCUT2D eigenvalue weighted by Crippen LogP contribution is 2.28. The summed E-state index contributed by atoms with van der Waals surface area (Å²) in [6, 6.07) is 11.2. The molecule has 0 spiro atoms. The summed E-state index contributed by atoms with van der Waals surface area (Å²) in [5.74, 6) is 2.40. The Morgan fingerprint density at radius 2 is 2.03 bits per heavy atom. The number of methoxy groups -OCH3 is 2. The predicted molar refractivity (Wildman–Crippen MR) is 135 cm³/mol. The highest BCUT2D eigenvalue weighted by Gasteiger charge is 2.35. The summed E-state index contributed by atoms with van der Waals surface area (Å²) in [5, 5.41) is 11.7. The molecule has 4 rings (SSSR count). The molecule has 1 N–H and O–H groups in total. The summed E-state index contributed by atoms with van der Waals surface area (Å²) in [5.41, 5.74) is 1.78. The molecule has 1 fully saturated rings. The average molecular weight is 498 g/mol. The lowest BCUT2D eigenvalue weighted by Gasteiger charge is -2.20. The van der Waals surface area contributed by atoms with Gasteiger partial charge in [-0.05, 0) is 54.7 Å². The molecule has 2 unspecified atom stereocenters. The molecule has 1 aliphatic rings. The molecule has 0 aliphatic carbocycles. The first-order valence-electron chi connectivity index (χ1n) is 11.6. The van der Waals surface area contributed by atoms with Gasteiger partial charge in [0.25, 0.3) is 0 Å². The summed E-state index contributed by atoms with van der Waals surface area (Å²) in [4.78, 5) is 27.6. The Bertz CT molecular complexity index is 1180. The third kappa shape index (κ3) is 5.70. The van der Waals surface area contributed by atoms with E-state index in [0.717, 1.165) is 23.4 Å². The number of aromatic nitrogens is 3. The van der Waals surface area contributed by atoms with Crippen molar-refractivity contribution in [2.75, 3.05) is 39.3 Å². The molecule has 3 aromatic rings. The zero-order valence-electron chi connectivity index (χ0n) is 20.3. The standard InChI is InChI=1S/C25H31N5O4S/c1-33-20-8-7-17(14-21(20)34-2)9-12-29-16-18(15-23(29)31)25(32)26-19(10-13-35-3)24-28-27-22-6-4-5-11-30(22)24/h4-8,11,14,18-19H,9-10,12-13,15-16H2,1-3H3,(H,26,32). The minimum atomic E-state index is -0.385. The van der Waals surface area contributed by atoms with E-state index in [1.165, 1.54) is 0 Å². The van der Waals surface area contributed by atoms with Crippen LogP contribution in [0.25, 0.3) is 5.65 Å². The Kier molecular flexibility index (Phi) is 8.12. The molecule has 0 bridgehead atoms. The number of benzene rings is 1. The molecular weight excluding hydrogens is 466 g/mol. The molecule has 2 aromatic heterocycles. The van der Waals surface area contributed by atoms with Gasteiger partial charge in [-0.2, -0.15) is 11.8 Å². The molecule has 186 valence electrons. The molecule has 1 saturated heterocycles. The van der Waals surface area contributed by atoms with E-state index in [-0.39, 0.29) is 30.2 Å². The first kappa shape index (κ1) is 24.8. The number of carbonyl (C=O) groups is 2. The van der Waals surface area contributed by atoms with E-state index in [9.17, 15) is 9.59 Å². The van der Waals surface area contributed by atoms with E-state index in [0.29, 0.717) is 36.8 Å². The van der Waals surface area contributed by atoms with Crippen molar-refractivity contribution in [3.8, 4) is 11.5 Å². The Morgan fingerprint density at radius 1 is 1.20 bits per heavy atom. The van der Waals surface area contributed by atoms with Crippen LogP contribution in [0.1, 0.15) is 30.3 Å². The van der Waals surface area contributed by atoms with Gasteiger partial charge in [0.05, 0.1) is 26.2 Å². The average Bonchev–Trinajstić information content (AvgIpc) is 3.48.